The third-order valence-corrected chi connectivity index (χ3v) is 4.88. The van der Waals surface area contributed by atoms with E-state index in [-0.39, 0.29) is 35.4 Å². The van der Waals surface area contributed by atoms with Crippen molar-refractivity contribution in [2.24, 2.45) is 0 Å². The minimum Gasteiger partial charge on any atom is -0.327 e. The van der Waals surface area contributed by atoms with E-state index < -0.39 is 0 Å². The first-order valence-electron chi connectivity index (χ1n) is 10.5. The summed E-state index contributed by atoms with van der Waals surface area (Å²) in [7, 11) is 0. The number of amides is 2. The van der Waals surface area contributed by atoms with Crippen LogP contribution in [0.2, 0.25) is 0 Å². The maximum atomic E-state index is 13.0. The van der Waals surface area contributed by atoms with Gasteiger partial charge >= 0.3 is 0 Å². The lowest BCUT2D eigenvalue weighted by Gasteiger charge is -2.27. The molecule has 0 radical (unpaired) electrons. The predicted molar refractivity (Wildman–Crippen MR) is 122 cm³/mol. The first kappa shape index (κ1) is 23.6. The Morgan fingerprint density at radius 1 is 1.07 bits per heavy atom. The first-order chi connectivity index (χ1) is 13.7. The van der Waals surface area contributed by atoms with Gasteiger partial charge in [0.25, 0.3) is 5.91 Å². The molecule has 0 atom stereocenters. The summed E-state index contributed by atoms with van der Waals surface area (Å²) in [6.45, 7) is 18.2. The van der Waals surface area contributed by atoms with Gasteiger partial charge in [0, 0.05) is 23.1 Å². The van der Waals surface area contributed by atoms with Gasteiger partial charge in [-0.25, -0.2) is 4.68 Å². The zero-order valence-corrected chi connectivity index (χ0v) is 19.8. The number of aromatic nitrogens is 2. The Labute approximate surface area is 180 Å². The number of carbonyl (C=O) groups is 2. The third kappa shape index (κ3) is 5.71. The van der Waals surface area contributed by atoms with Gasteiger partial charge in [-0.15, -0.1) is 0 Å². The number of anilines is 1. The van der Waals surface area contributed by atoms with E-state index in [1.807, 2.05) is 64.4 Å². The molecule has 0 bridgehead atoms. The molecular weight excluding hydrogens is 376 g/mol. The van der Waals surface area contributed by atoms with Gasteiger partial charge in [0.05, 0.1) is 11.2 Å². The molecule has 164 valence electrons. The van der Waals surface area contributed by atoms with Crippen LogP contribution in [0.4, 0.5) is 5.82 Å². The van der Waals surface area contributed by atoms with Crippen molar-refractivity contribution in [2.75, 3.05) is 11.9 Å². The highest BCUT2D eigenvalue weighted by molar-refractivity contribution is 5.99. The van der Waals surface area contributed by atoms with Gasteiger partial charge in [0.2, 0.25) is 5.91 Å². The maximum absolute atomic E-state index is 13.0. The van der Waals surface area contributed by atoms with Gasteiger partial charge in [0.15, 0.2) is 0 Å². The van der Waals surface area contributed by atoms with Crippen LogP contribution in [0.5, 0.6) is 0 Å². The summed E-state index contributed by atoms with van der Waals surface area (Å²) in [5.74, 6) is 0.249. The van der Waals surface area contributed by atoms with E-state index in [2.05, 4.69) is 26.1 Å². The number of hydrogen-bond donors (Lipinski definition) is 1. The molecule has 0 saturated carbocycles. The Kier molecular flexibility index (Phi) is 6.80. The van der Waals surface area contributed by atoms with Crippen LogP contribution in [-0.2, 0) is 15.7 Å². The molecule has 0 unspecified atom stereocenters. The molecule has 6 heteroatoms. The van der Waals surface area contributed by atoms with Crippen molar-refractivity contribution in [3.05, 3.63) is 47.2 Å². The van der Waals surface area contributed by atoms with E-state index in [1.54, 1.807) is 17.0 Å². The number of rotatable bonds is 5. The van der Waals surface area contributed by atoms with E-state index >= 15 is 0 Å². The monoisotopic (exact) mass is 412 g/mol. The zero-order chi connectivity index (χ0) is 22.9. The molecule has 1 heterocycles. The third-order valence-electron chi connectivity index (χ3n) is 4.88. The van der Waals surface area contributed by atoms with Crippen molar-refractivity contribution in [3.63, 3.8) is 0 Å². The minimum atomic E-state index is -0.290. The molecule has 2 aromatic rings. The molecule has 2 rings (SSSR count). The van der Waals surface area contributed by atoms with Crippen molar-refractivity contribution in [2.45, 2.75) is 79.3 Å². The summed E-state index contributed by atoms with van der Waals surface area (Å²) in [5, 5.41) is 7.71. The molecule has 0 aliphatic rings. The van der Waals surface area contributed by atoms with Crippen LogP contribution in [-0.4, -0.2) is 39.1 Å². The molecule has 1 aromatic carbocycles. The second-order valence-electron chi connectivity index (χ2n) is 10.2. The summed E-state index contributed by atoms with van der Waals surface area (Å²) in [6, 6.07) is 9.22. The van der Waals surface area contributed by atoms with Crippen LogP contribution in [0.25, 0.3) is 0 Å². The molecule has 0 aliphatic heterocycles. The molecule has 1 aromatic heterocycles. The van der Waals surface area contributed by atoms with E-state index in [4.69, 9.17) is 5.10 Å². The summed E-state index contributed by atoms with van der Waals surface area (Å²) < 4.78 is 1.84. The molecule has 0 spiro atoms. The highest BCUT2D eigenvalue weighted by atomic mass is 16.2. The van der Waals surface area contributed by atoms with Gasteiger partial charge in [-0.1, -0.05) is 38.5 Å². The fourth-order valence-electron chi connectivity index (χ4n) is 3.04. The topological polar surface area (TPSA) is 67.2 Å². The summed E-state index contributed by atoms with van der Waals surface area (Å²) in [4.78, 5) is 27.5. The number of nitrogens with one attached hydrogen (secondary N) is 1. The highest BCUT2D eigenvalue weighted by Gasteiger charge is 2.27. The van der Waals surface area contributed by atoms with Gasteiger partial charge in [0.1, 0.15) is 12.4 Å². The van der Waals surface area contributed by atoms with Crippen molar-refractivity contribution < 1.29 is 9.59 Å². The van der Waals surface area contributed by atoms with Crippen LogP contribution < -0.4 is 5.32 Å². The van der Waals surface area contributed by atoms with E-state index in [1.165, 1.54) is 0 Å². The number of benzene rings is 1. The van der Waals surface area contributed by atoms with Gasteiger partial charge in [-0.05, 0) is 53.7 Å². The van der Waals surface area contributed by atoms with Gasteiger partial charge in [-0.3, -0.25) is 9.59 Å². The molecule has 0 saturated heterocycles. The molecule has 0 aliphatic carbocycles. The second-order valence-corrected chi connectivity index (χ2v) is 10.2. The molecule has 1 N–H and O–H groups in total. The Hall–Kier alpha value is -2.63. The Balaban J connectivity index is 2.25. The first-order valence-corrected chi connectivity index (χ1v) is 10.5. The summed E-state index contributed by atoms with van der Waals surface area (Å²) >= 11 is 0. The van der Waals surface area contributed by atoms with Crippen LogP contribution >= 0.6 is 0 Å². The summed E-state index contributed by atoms with van der Waals surface area (Å²) in [5.41, 5.74) is 2.15. The maximum Gasteiger partial charge on any atom is 0.254 e. The van der Waals surface area contributed by atoms with Crippen molar-refractivity contribution in [1.29, 1.82) is 0 Å². The van der Waals surface area contributed by atoms with E-state index in [9.17, 15) is 9.59 Å². The molecule has 2 amide bonds. The van der Waals surface area contributed by atoms with Crippen LogP contribution in [0.3, 0.4) is 0 Å². The Morgan fingerprint density at radius 2 is 1.63 bits per heavy atom. The van der Waals surface area contributed by atoms with Crippen molar-refractivity contribution in [3.8, 4) is 0 Å². The lowest BCUT2D eigenvalue weighted by Crippen LogP contribution is -2.42. The molecule has 6 nitrogen and oxygen atoms in total. The number of hydrogen-bond acceptors (Lipinski definition) is 3. The normalized spacial score (nSPS) is 12.2. The fourth-order valence-corrected chi connectivity index (χ4v) is 3.04. The SMILES string of the molecule is Cc1ccc(C(=O)N(CC(=O)Nc2cc(C(C)(C)C)nn2C(C)(C)C)C(C)C)cc1. The van der Waals surface area contributed by atoms with Gasteiger partial charge < -0.3 is 10.2 Å². The van der Waals surface area contributed by atoms with Crippen molar-refractivity contribution >= 4 is 17.6 Å². The quantitative estimate of drug-likeness (QED) is 0.772. The largest absolute Gasteiger partial charge is 0.327 e. The average Bonchev–Trinajstić information content (AvgIpc) is 3.04. The van der Waals surface area contributed by atoms with E-state index in [0.717, 1.165) is 11.3 Å². The zero-order valence-electron chi connectivity index (χ0n) is 19.8. The number of nitrogens with zero attached hydrogens (tertiary/aromatic N) is 3. The minimum absolute atomic E-state index is 0.0233. The summed E-state index contributed by atoms with van der Waals surface area (Å²) in [6.07, 6.45) is 0. The van der Waals surface area contributed by atoms with Crippen LogP contribution in [0, 0.1) is 6.92 Å². The molecular formula is C24H36N4O2. The lowest BCUT2D eigenvalue weighted by molar-refractivity contribution is -0.117. The smallest absolute Gasteiger partial charge is 0.254 e. The predicted octanol–water partition coefficient (Wildman–Crippen LogP) is 4.73. The number of aryl methyl sites for hydroxylation is 1. The Morgan fingerprint density at radius 3 is 2.10 bits per heavy atom. The molecule has 30 heavy (non-hydrogen) atoms. The fraction of sp³-hybridized carbons (Fsp3) is 0.542. The Bertz CT molecular complexity index is 897. The average molecular weight is 413 g/mol. The van der Waals surface area contributed by atoms with Crippen LogP contribution in [0.15, 0.2) is 30.3 Å². The highest BCUT2D eigenvalue weighted by Crippen LogP contribution is 2.28. The van der Waals surface area contributed by atoms with E-state index in [0.29, 0.717) is 11.4 Å². The second kappa shape index (κ2) is 8.62. The van der Waals surface area contributed by atoms with Crippen molar-refractivity contribution in [1.82, 2.24) is 14.7 Å². The standard InChI is InChI=1S/C24H36N4O2/c1-16(2)27(22(30)18-12-10-17(3)11-13-18)15-21(29)25-20-14-19(23(4,5)6)26-28(20)24(7,8)9/h10-14,16H,15H2,1-9H3,(H,25,29). The number of carbonyl (C=O) groups excluding carboxylic acids is 2. The van der Waals surface area contributed by atoms with Gasteiger partial charge in [-0.2, -0.15) is 5.10 Å². The van der Waals surface area contributed by atoms with Crippen LogP contribution in [0.1, 0.15) is 77.0 Å². The lowest BCUT2D eigenvalue weighted by atomic mass is 9.92. The molecule has 0 fully saturated rings.